The first-order valence-electron chi connectivity index (χ1n) is 5.54. The van der Waals surface area contributed by atoms with E-state index in [0.717, 1.165) is 5.56 Å². The van der Waals surface area contributed by atoms with Crippen molar-refractivity contribution in [1.82, 2.24) is 9.97 Å². The molecule has 0 aliphatic carbocycles. The first-order valence-corrected chi connectivity index (χ1v) is 5.54. The van der Waals surface area contributed by atoms with Gasteiger partial charge in [-0.05, 0) is 24.1 Å². The van der Waals surface area contributed by atoms with E-state index in [1.165, 1.54) is 13.2 Å². The van der Waals surface area contributed by atoms with E-state index >= 15 is 0 Å². The second-order valence-corrected chi connectivity index (χ2v) is 3.91. The minimum absolute atomic E-state index is 0.229. The fraction of sp³-hybridized carbons (Fsp3) is 0.231. The lowest BCUT2D eigenvalue weighted by molar-refractivity contribution is 0.386. The van der Waals surface area contributed by atoms with Gasteiger partial charge in [0.05, 0.1) is 18.8 Å². The third kappa shape index (κ3) is 2.81. The molecule has 0 radical (unpaired) electrons. The van der Waals surface area contributed by atoms with Gasteiger partial charge in [-0.3, -0.25) is 9.97 Å². The Bertz CT molecular complexity index is 519. The Morgan fingerprint density at radius 1 is 1.39 bits per heavy atom. The fourth-order valence-corrected chi connectivity index (χ4v) is 1.70. The molecule has 1 heterocycles. The summed E-state index contributed by atoms with van der Waals surface area (Å²) in [5.74, 6) is -0.159. The molecule has 1 aromatic carbocycles. The Balaban J connectivity index is 2.12. The molecule has 0 saturated heterocycles. The minimum atomic E-state index is -0.388. The topological polar surface area (TPSA) is 61.0 Å². The molecule has 1 atom stereocenters. The molecule has 1 unspecified atom stereocenters. The molecule has 2 rings (SSSR count). The van der Waals surface area contributed by atoms with Gasteiger partial charge in [0.2, 0.25) is 0 Å². The van der Waals surface area contributed by atoms with Crippen LogP contribution in [0.5, 0.6) is 5.75 Å². The zero-order chi connectivity index (χ0) is 13.0. The zero-order valence-corrected chi connectivity index (χ0v) is 10.0. The second kappa shape index (κ2) is 5.55. The zero-order valence-electron chi connectivity index (χ0n) is 10.0. The first-order chi connectivity index (χ1) is 8.70. The number of nitrogens with zero attached hydrogens (tertiary/aromatic N) is 2. The summed E-state index contributed by atoms with van der Waals surface area (Å²) in [6, 6.07) is 4.51. The normalized spacial score (nSPS) is 12.2. The number of benzene rings is 1. The highest BCUT2D eigenvalue weighted by molar-refractivity contribution is 5.30. The van der Waals surface area contributed by atoms with Crippen LogP contribution in [0.25, 0.3) is 0 Å². The van der Waals surface area contributed by atoms with Crippen LogP contribution in [0.4, 0.5) is 4.39 Å². The molecule has 5 heteroatoms. The Morgan fingerprint density at radius 2 is 2.22 bits per heavy atom. The monoisotopic (exact) mass is 247 g/mol. The quantitative estimate of drug-likeness (QED) is 0.895. The van der Waals surface area contributed by atoms with Crippen molar-refractivity contribution >= 4 is 0 Å². The van der Waals surface area contributed by atoms with Gasteiger partial charge in [0.1, 0.15) is 0 Å². The van der Waals surface area contributed by atoms with Crippen molar-refractivity contribution in [3.63, 3.8) is 0 Å². The van der Waals surface area contributed by atoms with E-state index in [2.05, 4.69) is 9.97 Å². The molecule has 0 bridgehead atoms. The van der Waals surface area contributed by atoms with Crippen molar-refractivity contribution in [3.8, 4) is 5.75 Å². The Kier molecular flexibility index (Phi) is 3.84. The molecule has 1 aromatic heterocycles. The maximum Gasteiger partial charge on any atom is 0.165 e. The number of halogens is 1. The maximum absolute atomic E-state index is 13.5. The van der Waals surface area contributed by atoms with Crippen LogP contribution in [0.3, 0.4) is 0 Å². The molecular formula is C13H14FN3O. The summed E-state index contributed by atoms with van der Waals surface area (Å²) in [6.07, 6.45) is 5.29. The van der Waals surface area contributed by atoms with E-state index in [1.807, 2.05) is 0 Å². The van der Waals surface area contributed by atoms with Gasteiger partial charge >= 0.3 is 0 Å². The van der Waals surface area contributed by atoms with E-state index in [-0.39, 0.29) is 17.6 Å². The predicted octanol–water partition coefficient (Wildman–Crippen LogP) is 1.87. The molecule has 0 aliphatic rings. The molecule has 0 fully saturated rings. The Labute approximate surface area is 105 Å². The van der Waals surface area contributed by atoms with Gasteiger partial charge < -0.3 is 10.5 Å². The van der Waals surface area contributed by atoms with E-state index in [0.29, 0.717) is 12.1 Å². The van der Waals surface area contributed by atoms with E-state index in [9.17, 15) is 4.39 Å². The van der Waals surface area contributed by atoms with Gasteiger partial charge in [-0.2, -0.15) is 0 Å². The van der Waals surface area contributed by atoms with Crippen LogP contribution in [0, 0.1) is 5.82 Å². The van der Waals surface area contributed by atoms with Crippen molar-refractivity contribution < 1.29 is 9.13 Å². The SMILES string of the molecule is COc1ccc(CC(N)c2cnccn2)cc1F. The molecule has 18 heavy (non-hydrogen) atoms. The summed E-state index contributed by atoms with van der Waals surface area (Å²) in [5.41, 5.74) is 7.48. The van der Waals surface area contributed by atoms with E-state index in [1.54, 1.807) is 30.7 Å². The molecule has 2 N–H and O–H groups in total. The lowest BCUT2D eigenvalue weighted by atomic mass is 10.0. The summed E-state index contributed by atoms with van der Waals surface area (Å²) in [6.45, 7) is 0. The lowest BCUT2D eigenvalue weighted by Crippen LogP contribution is -2.15. The summed E-state index contributed by atoms with van der Waals surface area (Å²) in [4.78, 5) is 8.08. The van der Waals surface area contributed by atoms with Gasteiger partial charge in [-0.15, -0.1) is 0 Å². The molecule has 0 amide bonds. The van der Waals surface area contributed by atoms with Crippen LogP contribution in [-0.2, 0) is 6.42 Å². The van der Waals surface area contributed by atoms with Gasteiger partial charge in [0.15, 0.2) is 11.6 Å². The largest absolute Gasteiger partial charge is 0.494 e. The van der Waals surface area contributed by atoms with Crippen LogP contribution in [0.15, 0.2) is 36.8 Å². The molecule has 4 nitrogen and oxygen atoms in total. The summed E-state index contributed by atoms with van der Waals surface area (Å²) in [7, 11) is 1.43. The number of hydrogen-bond donors (Lipinski definition) is 1. The molecule has 0 aliphatic heterocycles. The average molecular weight is 247 g/mol. The number of methoxy groups -OCH3 is 1. The van der Waals surface area contributed by atoms with Crippen LogP contribution in [0.1, 0.15) is 17.3 Å². The molecule has 2 aromatic rings. The summed E-state index contributed by atoms with van der Waals surface area (Å²) >= 11 is 0. The Hall–Kier alpha value is -2.01. The van der Waals surface area contributed by atoms with Gasteiger partial charge in [0.25, 0.3) is 0 Å². The van der Waals surface area contributed by atoms with Crippen molar-refractivity contribution in [2.45, 2.75) is 12.5 Å². The molecule has 0 spiro atoms. The third-order valence-corrected chi connectivity index (χ3v) is 2.63. The van der Waals surface area contributed by atoms with E-state index < -0.39 is 0 Å². The Morgan fingerprint density at radius 3 is 2.83 bits per heavy atom. The third-order valence-electron chi connectivity index (χ3n) is 2.63. The van der Waals surface area contributed by atoms with Crippen molar-refractivity contribution in [2.75, 3.05) is 7.11 Å². The van der Waals surface area contributed by atoms with Crippen LogP contribution >= 0.6 is 0 Å². The fourth-order valence-electron chi connectivity index (χ4n) is 1.70. The van der Waals surface area contributed by atoms with Gasteiger partial charge in [-0.1, -0.05) is 6.07 Å². The smallest absolute Gasteiger partial charge is 0.165 e. The number of hydrogen-bond acceptors (Lipinski definition) is 4. The van der Waals surface area contributed by atoms with E-state index in [4.69, 9.17) is 10.5 Å². The van der Waals surface area contributed by atoms with Crippen LogP contribution < -0.4 is 10.5 Å². The summed E-state index contributed by atoms with van der Waals surface area (Å²) in [5, 5.41) is 0. The highest BCUT2D eigenvalue weighted by Crippen LogP contribution is 2.20. The molecule has 0 saturated carbocycles. The van der Waals surface area contributed by atoms with Gasteiger partial charge in [-0.25, -0.2) is 4.39 Å². The number of nitrogens with two attached hydrogens (primary N) is 1. The first kappa shape index (κ1) is 12.4. The second-order valence-electron chi connectivity index (χ2n) is 3.91. The standard InChI is InChI=1S/C13H14FN3O/c1-18-13-3-2-9(6-10(13)14)7-11(15)12-8-16-4-5-17-12/h2-6,8,11H,7,15H2,1H3. The molecule has 94 valence electrons. The summed E-state index contributed by atoms with van der Waals surface area (Å²) < 4.78 is 18.4. The highest BCUT2D eigenvalue weighted by Gasteiger charge is 2.10. The number of aromatic nitrogens is 2. The van der Waals surface area contributed by atoms with Crippen molar-refractivity contribution in [1.29, 1.82) is 0 Å². The molecular weight excluding hydrogens is 233 g/mol. The predicted molar refractivity (Wildman–Crippen MR) is 65.6 cm³/mol. The van der Waals surface area contributed by atoms with Gasteiger partial charge in [0, 0.05) is 18.6 Å². The van der Waals surface area contributed by atoms with Crippen LogP contribution in [0.2, 0.25) is 0 Å². The number of rotatable bonds is 4. The minimum Gasteiger partial charge on any atom is -0.494 e. The number of ether oxygens (including phenoxy) is 1. The lowest BCUT2D eigenvalue weighted by Gasteiger charge is -2.11. The van der Waals surface area contributed by atoms with Crippen molar-refractivity contribution in [3.05, 3.63) is 53.9 Å². The maximum atomic E-state index is 13.5. The highest BCUT2D eigenvalue weighted by atomic mass is 19.1. The average Bonchev–Trinajstić information content (AvgIpc) is 2.40. The van der Waals surface area contributed by atoms with Crippen molar-refractivity contribution in [2.24, 2.45) is 5.73 Å². The van der Waals surface area contributed by atoms with Crippen LogP contribution in [-0.4, -0.2) is 17.1 Å².